The zero-order chi connectivity index (χ0) is 11.5. The zero-order valence-electron chi connectivity index (χ0n) is 8.58. The molecule has 0 saturated heterocycles. The molecule has 0 aliphatic rings. The normalized spacial score (nSPS) is 12.1. The second kappa shape index (κ2) is 4.04. The number of aromatic nitrogens is 2. The average molecular weight is 215 g/mol. The maximum absolute atomic E-state index is 11.6. The largest absolute Gasteiger partial charge is 0.319 e. The Kier molecular flexibility index (Phi) is 2.57. The number of benzene rings is 1. The smallest absolute Gasteiger partial charge is 0.270 e. The van der Waals surface area contributed by atoms with Crippen LogP contribution >= 0.6 is 0 Å². The van der Waals surface area contributed by atoms with Gasteiger partial charge >= 0.3 is 0 Å². The number of rotatable bonds is 2. The van der Waals surface area contributed by atoms with Crippen LogP contribution in [0.5, 0.6) is 0 Å². The van der Waals surface area contributed by atoms with Crippen LogP contribution in [0.2, 0.25) is 0 Å². The average Bonchev–Trinajstić information content (AvgIpc) is 2.28. The van der Waals surface area contributed by atoms with E-state index < -0.39 is 6.04 Å². The molecule has 1 N–H and O–H groups in total. The van der Waals surface area contributed by atoms with E-state index in [9.17, 15) is 4.79 Å². The highest BCUT2D eigenvalue weighted by Crippen LogP contribution is 2.13. The number of para-hydroxylation sites is 2. The molecule has 1 unspecified atom stereocenters. The van der Waals surface area contributed by atoms with Crippen LogP contribution in [0.1, 0.15) is 18.7 Å². The van der Waals surface area contributed by atoms with Crippen molar-refractivity contribution in [3.8, 4) is 0 Å². The Hall–Kier alpha value is -2.33. The summed E-state index contributed by atoms with van der Waals surface area (Å²) in [5, 5.41) is 3.46. The molecule has 0 aliphatic heterocycles. The number of hydrogen-bond donors (Lipinski definition) is 1. The Labute approximate surface area is 90.6 Å². The molecule has 1 aromatic heterocycles. The number of H-pyrrole nitrogens is 1. The Morgan fingerprint density at radius 2 is 2.25 bits per heavy atom. The molecule has 2 rings (SSSR count). The lowest BCUT2D eigenvalue weighted by Gasteiger charge is -2.04. The van der Waals surface area contributed by atoms with Crippen LogP contribution < -0.4 is 5.56 Å². The van der Waals surface area contributed by atoms with E-state index in [0.717, 1.165) is 0 Å². The van der Waals surface area contributed by atoms with Gasteiger partial charge in [-0.05, 0) is 17.7 Å². The van der Waals surface area contributed by atoms with Crippen molar-refractivity contribution >= 4 is 11.0 Å². The van der Waals surface area contributed by atoms with Crippen molar-refractivity contribution in [2.75, 3.05) is 0 Å². The second-order valence-corrected chi connectivity index (χ2v) is 3.35. The zero-order valence-corrected chi connectivity index (χ0v) is 8.58. The highest BCUT2D eigenvalue weighted by Gasteiger charge is 2.10. The molecule has 1 heterocycles. The number of fused-ring (bicyclic) bond motifs is 1. The van der Waals surface area contributed by atoms with Gasteiger partial charge in [0.1, 0.15) is 5.69 Å². The topological polar surface area (TPSA) is 94.5 Å². The summed E-state index contributed by atoms with van der Waals surface area (Å²) in [6, 6.07) is 6.63. The van der Waals surface area contributed by atoms with Crippen molar-refractivity contribution in [2.24, 2.45) is 5.11 Å². The van der Waals surface area contributed by atoms with Crippen LogP contribution in [0, 0.1) is 0 Å². The predicted octanol–water partition coefficient (Wildman–Crippen LogP) is 2.29. The summed E-state index contributed by atoms with van der Waals surface area (Å²) in [6.45, 7) is 1.63. The number of nitrogens with one attached hydrogen (secondary N) is 1. The van der Waals surface area contributed by atoms with Gasteiger partial charge in [0.15, 0.2) is 0 Å². The summed E-state index contributed by atoms with van der Waals surface area (Å²) in [4.78, 5) is 21.2. The summed E-state index contributed by atoms with van der Waals surface area (Å²) >= 11 is 0. The Morgan fingerprint density at radius 1 is 1.50 bits per heavy atom. The van der Waals surface area contributed by atoms with E-state index in [4.69, 9.17) is 5.53 Å². The van der Waals surface area contributed by atoms with Crippen LogP contribution in [0.15, 0.2) is 34.2 Å². The van der Waals surface area contributed by atoms with Crippen molar-refractivity contribution in [3.63, 3.8) is 0 Å². The maximum Gasteiger partial charge on any atom is 0.270 e. The van der Waals surface area contributed by atoms with E-state index in [1.165, 1.54) is 0 Å². The van der Waals surface area contributed by atoms with Gasteiger partial charge in [0, 0.05) is 4.91 Å². The van der Waals surface area contributed by atoms with Gasteiger partial charge in [0.2, 0.25) is 0 Å². The molecular weight excluding hydrogens is 206 g/mol. The fourth-order valence-corrected chi connectivity index (χ4v) is 1.46. The molecule has 1 atom stereocenters. The summed E-state index contributed by atoms with van der Waals surface area (Å²) in [5.74, 6) is 0. The fraction of sp³-hybridized carbons (Fsp3) is 0.200. The third-order valence-electron chi connectivity index (χ3n) is 2.25. The monoisotopic (exact) mass is 215 g/mol. The lowest BCUT2D eigenvalue weighted by Crippen LogP contribution is -2.16. The van der Waals surface area contributed by atoms with E-state index in [1.54, 1.807) is 19.1 Å². The van der Waals surface area contributed by atoms with Gasteiger partial charge in [-0.2, -0.15) is 0 Å². The number of aromatic amines is 1. The van der Waals surface area contributed by atoms with Crippen LogP contribution in [-0.4, -0.2) is 9.97 Å². The Bertz CT molecular complexity index is 626. The van der Waals surface area contributed by atoms with Crippen molar-refractivity contribution in [1.29, 1.82) is 0 Å². The first kappa shape index (κ1) is 10.2. The van der Waals surface area contributed by atoms with E-state index in [-0.39, 0.29) is 11.3 Å². The van der Waals surface area contributed by atoms with Gasteiger partial charge in [0.05, 0.1) is 17.1 Å². The van der Waals surface area contributed by atoms with E-state index in [2.05, 4.69) is 20.0 Å². The van der Waals surface area contributed by atoms with Crippen LogP contribution in [0.3, 0.4) is 0 Å². The number of azide groups is 1. The molecule has 16 heavy (non-hydrogen) atoms. The highest BCUT2D eigenvalue weighted by molar-refractivity contribution is 5.73. The molecule has 0 amide bonds. The maximum atomic E-state index is 11.6. The summed E-state index contributed by atoms with van der Waals surface area (Å²) in [7, 11) is 0. The summed E-state index contributed by atoms with van der Waals surface area (Å²) < 4.78 is 0. The minimum Gasteiger partial charge on any atom is -0.319 e. The molecule has 0 saturated carbocycles. The third-order valence-corrected chi connectivity index (χ3v) is 2.25. The third kappa shape index (κ3) is 1.74. The molecule has 1 aromatic carbocycles. The van der Waals surface area contributed by atoms with E-state index in [1.807, 2.05) is 12.1 Å². The molecule has 6 nitrogen and oxygen atoms in total. The SMILES string of the molecule is CC(N=[N+]=[N-])c1nc2ccccc2[nH]c1=O. The van der Waals surface area contributed by atoms with Gasteiger partial charge < -0.3 is 4.98 Å². The van der Waals surface area contributed by atoms with Crippen molar-refractivity contribution < 1.29 is 0 Å². The van der Waals surface area contributed by atoms with Gasteiger partial charge in [-0.1, -0.05) is 24.2 Å². The first-order valence-corrected chi connectivity index (χ1v) is 4.75. The molecule has 6 heteroatoms. The van der Waals surface area contributed by atoms with Gasteiger partial charge in [-0.3, -0.25) is 4.79 Å². The minimum atomic E-state index is -0.571. The van der Waals surface area contributed by atoms with Crippen LogP contribution in [0.25, 0.3) is 21.5 Å². The quantitative estimate of drug-likeness (QED) is 0.472. The highest BCUT2D eigenvalue weighted by atomic mass is 16.1. The molecule has 2 aromatic rings. The summed E-state index contributed by atoms with van der Waals surface area (Å²) in [6.07, 6.45) is 0. The molecule has 0 fully saturated rings. The molecule has 0 radical (unpaired) electrons. The molecule has 0 aliphatic carbocycles. The molecule has 80 valence electrons. The molecule has 0 bridgehead atoms. The Balaban J connectivity index is 2.67. The first-order valence-electron chi connectivity index (χ1n) is 4.75. The first-order chi connectivity index (χ1) is 7.72. The van der Waals surface area contributed by atoms with Crippen LogP contribution in [-0.2, 0) is 0 Å². The Morgan fingerprint density at radius 3 is 3.00 bits per heavy atom. The van der Waals surface area contributed by atoms with Gasteiger partial charge in [-0.15, -0.1) is 0 Å². The standard InChI is InChI=1S/C10H9N5O/c1-6(14-15-11)9-10(16)13-8-5-3-2-4-7(8)12-9/h2-6H,1H3,(H,13,16). The van der Waals surface area contributed by atoms with Gasteiger partial charge in [0.25, 0.3) is 5.56 Å². The van der Waals surface area contributed by atoms with Gasteiger partial charge in [-0.25, -0.2) is 4.98 Å². The fourth-order valence-electron chi connectivity index (χ4n) is 1.46. The van der Waals surface area contributed by atoms with Crippen molar-refractivity contribution in [2.45, 2.75) is 13.0 Å². The van der Waals surface area contributed by atoms with Crippen LogP contribution in [0.4, 0.5) is 0 Å². The van der Waals surface area contributed by atoms with E-state index >= 15 is 0 Å². The molecule has 0 spiro atoms. The number of hydrogen-bond acceptors (Lipinski definition) is 3. The lowest BCUT2D eigenvalue weighted by molar-refractivity contribution is 0.760. The predicted molar refractivity (Wildman–Crippen MR) is 59.9 cm³/mol. The summed E-state index contributed by atoms with van der Waals surface area (Å²) in [5.41, 5.74) is 9.58. The second-order valence-electron chi connectivity index (χ2n) is 3.35. The van der Waals surface area contributed by atoms with Crippen molar-refractivity contribution in [1.82, 2.24) is 9.97 Å². The van der Waals surface area contributed by atoms with Crippen molar-refractivity contribution in [3.05, 3.63) is 50.8 Å². The lowest BCUT2D eigenvalue weighted by atomic mass is 10.2. The number of nitrogens with zero attached hydrogens (tertiary/aromatic N) is 4. The molecular formula is C10H9N5O. The van der Waals surface area contributed by atoms with E-state index in [0.29, 0.717) is 11.0 Å². The minimum absolute atomic E-state index is 0.233.